The average Bonchev–Trinajstić information content (AvgIpc) is 2.29. The fraction of sp³-hybridized carbons (Fsp3) is 0.455. The van der Waals surface area contributed by atoms with E-state index in [1.54, 1.807) is 12.1 Å². The molecule has 1 aliphatic heterocycles. The van der Waals surface area contributed by atoms with Crippen molar-refractivity contribution in [2.75, 3.05) is 29.5 Å². The monoisotopic (exact) mass is 251 g/mol. The fourth-order valence-electron chi connectivity index (χ4n) is 1.80. The average molecular weight is 251 g/mol. The highest BCUT2D eigenvalue weighted by Crippen LogP contribution is 2.19. The quantitative estimate of drug-likeness (QED) is 0.726. The van der Waals surface area contributed by atoms with E-state index in [1.807, 2.05) is 11.8 Å². The topological polar surface area (TPSA) is 74.1 Å². The minimum atomic E-state index is -2.91. The summed E-state index contributed by atoms with van der Waals surface area (Å²) < 4.78 is 22.7. The first-order valence-electron chi connectivity index (χ1n) is 5.35. The molecule has 0 aliphatic carbocycles. The van der Waals surface area contributed by atoms with Crippen molar-refractivity contribution < 1.29 is 8.42 Å². The Morgan fingerprint density at radius 1 is 1.35 bits per heavy atom. The minimum absolute atomic E-state index is 0.132. The molecule has 0 unspecified atom stereocenters. The molecule has 2 heterocycles. The Hall–Kier alpha value is -1.61. The highest BCUT2D eigenvalue weighted by atomic mass is 32.2. The number of aromatic nitrogens is 1. The third-order valence-electron chi connectivity index (χ3n) is 2.78. The molecule has 0 atom stereocenters. The van der Waals surface area contributed by atoms with Crippen LogP contribution in [0.3, 0.4) is 0 Å². The van der Waals surface area contributed by atoms with Crippen molar-refractivity contribution in [1.82, 2.24) is 4.98 Å². The van der Waals surface area contributed by atoms with Gasteiger partial charge in [-0.25, -0.2) is 13.4 Å². The largest absolute Gasteiger partial charge is 0.353 e. The van der Waals surface area contributed by atoms with Gasteiger partial charge < -0.3 is 4.90 Å². The normalized spacial score (nSPS) is 18.7. The zero-order valence-electron chi connectivity index (χ0n) is 9.55. The van der Waals surface area contributed by atoms with Crippen LogP contribution in [0.25, 0.3) is 0 Å². The first-order valence-corrected chi connectivity index (χ1v) is 7.17. The Morgan fingerprint density at radius 3 is 2.59 bits per heavy atom. The van der Waals surface area contributed by atoms with Crippen LogP contribution in [0.1, 0.15) is 11.3 Å². The van der Waals surface area contributed by atoms with Crippen LogP contribution in [-0.4, -0.2) is 38.0 Å². The Morgan fingerprint density at radius 2 is 2.00 bits per heavy atom. The van der Waals surface area contributed by atoms with Gasteiger partial charge in [-0.1, -0.05) is 0 Å². The van der Waals surface area contributed by atoms with Crippen LogP contribution in [0.5, 0.6) is 0 Å². The SMILES string of the molecule is Cc1ccc(C#N)c(N2CCS(=O)(=O)CC2)n1. The molecule has 0 radical (unpaired) electrons. The van der Waals surface area contributed by atoms with Crippen LogP contribution in [-0.2, 0) is 9.84 Å². The molecule has 0 spiro atoms. The number of aryl methyl sites for hydroxylation is 1. The number of anilines is 1. The van der Waals surface area contributed by atoms with Gasteiger partial charge >= 0.3 is 0 Å². The van der Waals surface area contributed by atoms with Gasteiger partial charge in [0.25, 0.3) is 0 Å². The number of sulfone groups is 1. The fourth-order valence-corrected chi connectivity index (χ4v) is 3.00. The van der Waals surface area contributed by atoms with Crippen LogP contribution in [0, 0.1) is 18.3 Å². The Labute approximate surface area is 101 Å². The number of nitrogens with zero attached hydrogens (tertiary/aromatic N) is 3. The minimum Gasteiger partial charge on any atom is -0.353 e. The van der Waals surface area contributed by atoms with Crippen LogP contribution in [0.2, 0.25) is 0 Å². The van der Waals surface area contributed by atoms with E-state index >= 15 is 0 Å². The van der Waals surface area contributed by atoms with E-state index in [0.717, 1.165) is 5.69 Å². The lowest BCUT2D eigenvalue weighted by molar-refractivity contribution is 0.586. The molecule has 5 nitrogen and oxygen atoms in total. The molecule has 0 N–H and O–H groups in total. The summed E-state index contributed by atoms with van der Waals surface area (Å²) in [6.07, 6.45) is 0. The Bertz CT molecular complexity index is 561. The van der Waals surface area contributed by atoms with Gasteiger partial charge in [0.2, 0.25) is 0 Å². The lowest BCUT2D eigenvalue weighted by atomic mass is 10.2. The highest BCUT2D eigenvalue weighted by Gasteiger charge is 2.24. The molecule has 0 amide bonds. The van der Waals surface area contributed by atoms with Crippen LogP contribution in [0.15, 0.2) is 12.1 Å². The van der Waals surface area contributed by atoms with Gasteiger partial charge in [0.15, 0.2) is 9.84 Å². The second kappa shape index (κ2) is 4.34. The van der Waals surface area contributed by atoms with E-state index in [4.69, 9.17) is 5.26 Å². The van der Waals surface area contributed by atoms with E-state index in [0.29, 0.717) is 24.5 Å². The maximum atomic E-state index is 11.3. The van der Waals surface area contributed by atoms with Gasteiger partial charge in [0.05, 0.1) is 17.1 Å². The zero-order valence-corrected chi connectivity index (χ0v) is 10.4. The van der Waals surface area contributed by atoms with E-state index in [2.05, 4.69) is 11.1 Å². The Balaban J connectivity index is 2.30. The second-order valence-electron chi connectivity index (χ2n) is 4.07. The first-order chi connectivity index (χ1) is 8.02. The summed E-state index contributed by atoms with van der Waals surface area (Å²) in [7, 11) is -2.91. The van der Waals surface area contributed by atoms with Gasteiger partial charge in [-0.05, 0) is 19.1 Å². The summed E-state index contributed by atoms with van der Waals surface area (Å²) >= 11 is 0. The third kappa shape index (κ3) is 2.56. The van der Waals surface area contributed by atoms with Crippen molar-refractivity contribution in [1.29, 1.82) is 5.26 Å². The molecule has 2 rings (SSSR count). The number of nitriles is 1. The highest BCUT2D eigenvalue weighted by molar-refractivity contribution is 7.91. The molecule has 0 bridgehead atoms. The smallest absolute Gasteiger partial charge is 0.153 e. The van der Waals surface area contributed by atoms with Gasteiger partial charge in [-0.3, -0.25) is 0 Å². The summed E-state index contributed by atoms with van der Waals surface area (Å²) in [5, 5.41) is 9.01. The van der Waals surface area contributed by atoms with Crippen LogP contribution < -0.4 is 4.90 Å². The number of hydrogen-bond donors (Lipinski definition) is 0. The van der Waals surface area contributed by atoms with E-state index < -0.39 is 9.84 Å². The van der Waals surface area contributed by atoms with Gasteiger partial charge in [-0.2, -0.15) is 5.26 Å². The molecule has 1 aliphatic rings. The molecule has 90 valence electrons. The van der Waals surface area contributed by atoms with Crippen LogP contribution >= 0.6 is 0 Å². The molecule has 6 heteroatoms. The number of hydrogen-bond acceptors (Lipinski definition) is 5. The van der Waals surface area contributed by atoms with Crippen molar-refractivity contribution in [2.45, 2.75) is 6.92 Å². The van der Waals surface area contributed by atoms with E-state index in [-0.39, 0.29) is 11.5 Å². The summed E-state index contributed by atoms with van der Waals surface area (Å²) in [6, 6.07) is 5.59. The van der Waals surface area contributed by atoms with Crippen molar-refractivity contribution >= 4 is 15.7 Å². The van der Waals surface area contributed by atoms with Crippen molar-refractivity contribution in [3.05, 3.63) is 23.4 Å². The second-order valence-corrected chi connectivity index (χ2v) is 6.38. The molecule has 1 aromatic rings. The Kier molecular flexibility index (Phi) is 3.03. The molecule has 0 saturated carbocycles. The standard InChI is InChI=1S/C11H13N3O2S/c1-9-2-3-10(8-12)11(13-9)14-4-6-17(15,16)7-5-14/h2-3H,4-7H2,1H3. The number of pyridine rings is 1. The van der Waals surface area contributed by atoms with E-state index in [1.165, 1.54) is 0 Å². The lowest BCUT2D eigenvalue weighted by Crippen LogP contribution is -2.41. The predicted octanol–water partition coefficient (Wildman–Crippen LogP) is 0.496. The zero-order chi connectivity index (χ0) is 12.5. The summed E-state index contributed by atoms with van der Waals surface area (Å²) in [5.74, 6) is 0.864. The molecule has 17 heavy (non-hydrogen) atoms. The molecule has 0 aromatic carbocycles. The molecule has 1 saturated heterocycles. The van der Waals surface area contributed by atoms with E-state index in [9.17, 15) is 8.42 Å². The molecular weight excluding hydrogens is 238 g/mol. The van der Waals surface area contributed by atoms with Gasteiger partial charge in [-0.15, -0.1) is 0 Å². The third-order valence-corrected chi connectivity index (χ3v) is 4.39. The van der Waals surface area contributed by atoms with Crippen LogP contribution in [0.4, 0.5) is 5.82 Å². The van der Waals surface area contributed by atoms with Gasteiger partial charge in [0.1, 0.15) is 11.9 Å². The molecule has 1 aromatic heterocycles. The molecular formula is C11H13N3O2S. The summed E-state index contributed by atoms with van der Waals surface area (Å²) in [5.41, 5.74) is 1.32. The summed E-state index contributed by atoms with van der Waals surface area (Å²) in [4.78, 5) is 6.19. The number of rotatable bonds is 1. The van der Waals surface area contributed by atoms with Crippen molar-refractivity contribution in [3.63, 3.8) is 0 Å². The lowest BCUT2D eigenvalue weighted by Gasteiger charge is -2.28. The summed E-state index contributed by atoms with van der Waals surface area (Å²) in [6.45, 7) is 2.67. The predicted molar refractivity (Wildman–Crippen MR) is 64.6 cm³/mol. The first kappa shape index (κ1) is 11.9. The maximum Gasteiger partial charge on any atom is 0.153 e. The van der Waals surface area contributed by atoms with Crippen molar-refractivity contribution in [2.24, 2.45) is 0 Å². The van der Waals surface area contributed by atoms with Gasteiger partial charge in [0, 0.05) is 18.8 Å². The van der Waals surface area contributed by atoms with Crippen molar-refractivity contribution in [3.8, 4) is 6.07 Å². The maximum absolute atomic E-state index is 11.3. The molecule has 1 fully saturated rings.